The second-order valence-corrected chi connectivity index (χ2v) is 8.42. The van der Waals surface area contributed by atoms with Gasteiger partial charge in [-0.15, -0.1) is 0 Å². The second-order valence-electron chi connectivity index (χ2n) is 6.66. The molecule has 7 nitrogen and oxygen atoms in total. The summed E-state index contributed by atoms with van der Waals surface area (Å²) >= 11 is 0. The summed E-state index contributed by atoms with van der Waals surface area (Å²) in [6.45, 7) is 0.214. The van der Waals surface area contributed by atoms with Gasteiger partial charge in [-0.1, -0.05) is 25.7 Å². The molecule has 1 aromatic carbocycles. The first-order chi connectivity index (χ1) is 11.3. The van der Waals surface area contributed by atoms with Gasteiger partial charge in [0, 0.05) is 25.2 Å². The Balaban J connectivity index is 1.81. The fourth-order valence-electron chi connectivity index (χ4n) is 3.21. The van der Waals surface area contributed by atoms with Crippen molar-refractivity contribution in [2.24, 2.45) is 12.8 Å². The molecule has 8 heteroatoms. The fraction of sp³-hybridized carbons (Fsp3) is 0.562. The van der Waals surface area contributed by atoms with Gasteiger partial charge in [0.1, 0.15) is 0 Å². The summed E-state index contributed by atoms with van der Waals surface area (Å²) in [5.41, 5.74) is 6.68. The van der Waals surface area contributed by atoms with Crippen LogP contribution in [0.5, 0.6) is 0 Å². The maximum absolute atomic E-state index is 12.5. The van der Waals surface area contributed by atoms with Crippen LogP contribution in [-0.4, -0.2) is 25.1 Å². The molecule has 0 bridgehead atoms. The quantitative estimate of drug-likeness (QED) is 0.809. The molecule has 0 saturated heterocycles. The first-order valence-corrected chi connectivity index (χ1v) is 9.67. The lowest BCUT2D eigenvalue weighted by Gasteiger charge is -2.28. The monoisotopic (exact) mass is 353 g/mol. The average molecular weight is 353 g/mol. The van der Waals surface area contributed by atoms with Gasteiger partial charge in [0.15, 0.2) is 5.58 Å². The van der Waals surface area contributed by atoms with Crippen molar-refractivity contribution in [1.82, 2.24) is 9.29 Å². The van der Waals surface area contributed by atoms with Crippen LogP contribution in [0.4, 0.5) is 0 Å². The van der Waals surface area contributed by atoms with Crippen molar-refractivity contribution >= 4 is 21.1 Å². The minimum atomic E-state index is -3.71. The van der Waals surface area contributed by atoms with Crippen molar-refractivity contribution in [2.75, 3.05) is 6.54 Å². The highest BCUT2D eigenvalue weighted by molar-refractivity contribution is 7.89. The molecule has 0 spiro atoms. The Kier molecular flexibility index (Phi) is 4.54. The van der Waals surface area contributed by atoms with Crippen LogP contribution in [0, 0.1) is 0 Å². The fourth-order valence-corrected chi connectivity index (χ4v) is 4.37. The van der Waals surface area contributed by atoms with E-state index in [2.05, 4.69) is 4.72 Å². The number of nitrogens with zero attached hydrogens (tertiary/aromatic N) is 1. The minimum absolute atomic E-state index is 0.0709. The molecule has 0 unspecified atom stereocenters. The van der Waals surface area contributed by atoms with Crippen LogP contribution in [-0.2, 0) is 17.1 Å². The largest absolute Gasteiger partial charge is 0.419 e. The lowest BCUT2D eigenvalue weighted by Crippen LogP contribution is -2.49. The number of benzene rings is 1. The lowest BCUT2D eigenvalue weighted by molar-refractivity contribution is 0.369. The van der Waals surface area contributed by atoms with Gasteiger partial charge >= 0.3 is 5.76 Å². The first-order valence-electron chi connectivity index (χ1n) is 8.19. The van der Waals surface area contributed by atoms with Crippen molar-refractivity contribution in [3.8, 4) is 0 Å². The van der Waals surface area contributed by atoms with Crippen LogP contribution < -0.4 is 16.2 Å². The number of aromatic nitrogens is 1. The lowest BCUT2D eigenvalue weighted by atomic mass is 9.92. The van der Waals surface area contributed by atoms with Crippen LogP contribution in [0.25, 0.3) is 11.1 Å². The molecule has 2 aromatic rings. The third kappa shape index (κ3) is 3.40. The van der Waals surface area contributed by atoms with Gasteiger partial charge in [-0.05, 0) is 25.0 Å². The highest BCUT2D eigenvalue weighted by Crippen LogP contribution is 2.25. The molecule has 1 saturated carbocycles. The van der Waals surface area contributed by atoms with E-state index in [0.717, 1.165) is 38.5 Å². The molecule has 0 radical (unpaired) electrons. The van der Waals surface area contributed by atoms with Crippen molar-refractivity contribution in [3.05, 3.63) is 28.7 Å². The van der Waals surface area contributed by atoms with Crippen LogP contribution >= 0.6 is 0 Å². The molecule has 1 heterocycles. The number of nitrogens with one attached hydrogen (secondary N) is 1. The predicted molar refractivity (Wildman–Crippen MR) is 91.3 cm³/mol. The molecule has 24 heavy (non-hydrogen) atoms. The number of aryl methyl sites for hydroxylation is 1. The number of oxazole rings is 1. The Hall–Kier alpha value is -1.64. The maximum atomic E-state index is 12.5. The van der Waals surface area contributed by atoms with Crippen LogP contribution in [0.3, 0.4) is 0 Å². The molecule has 1 aliphatic rings. The third-order valence-corrected chi connectivity index (χ3v) is 6.19. The zero-order valence-electron chi connectivity index (χ0n) is 13.7. The van der Waals surface area contributed by atoms with Gasteiger partial charge in [-0.2, -0.15) is 0 Å². The molecule has 3 N–H and O–H groups in total. The van der Waals surface area contributed by atoms with Crippen LogP contribution in [0.1, 0.15) is 38.5 Å². The molecule has 3 rings (SSSR count). The standard InChI is InChI=1S/C16H23N3O4S/c1-19-13-7-6-12(10-14(13)23-15(19)20)24(21,22)18-11-16(17)8-4-2-3-5-9-16/h6-7,10,18H,2-5,8-9,11,17H2,1H3. The zero-order valence-corrected chi connectivity index (χ0v) is 14.6. The van der Waals surface area contributed by atoms with E-state index in [4.69, 9.17) is 10.2 Å². The molecular formula is C16H23N3O4S. The Morgan fingerprint density at radius 1 is 1.25 bits per heavy atom. The van der Waals surface area contributed by atoms with E-state index < -0.39 is 21.3 Å². The van der Waals surface area contributed by atoms with Gasteiger partial charge < -0.3 is 10.2 Å². The number of rotatable bonds is 4. The summed E-state index contributed by atoms with van der Waals surface area (Å²) < 4.78 is 34.1. The van der Waals surface area contributed by atoms with E-state index in [1.165, 1.54) is 16.7 Å². The highest BCUT2D eigenvalue weighted by Gasteiger charge is 2.28. The van der Waals surface area contributed by atoms with Gasteiger partial charge in [0.25, 0.3) is 0 Å². The molecule has 132 valence electrons. The van der Waals surface area contributed by atoms with E-state index >= 15 is 0 Å². The summed E-state index contributed by atoms with van der Waals surface area (Å²) in [4.78, 5) is 11.6. The van der Waals surface area contributed by atoms with E-state index in [-0.39, 0.29) is 17.0 Å². The Morgan fingerprint density at radius 2 is 1.92 bits per heavy atom. The summed E-state index contributed by atoms with van der Waals surface area (Å²) in [6.07, 6.45) is 5.99. The molecule has 1 aliphatic carbocycles. The molecular weight excluding hydrogens is 330 g/mol. The van der Waals surface area contributed by atoms with Crippen LogP contribution in [0.2, 0.25) is 0 Å². The molecule has 0 atom stereocenters. The second kappa shape index (κ2) is 6.34. The van der Waals surface area contributed by atoms with Gasteiger partial charge in [-0.25, -0.2) is 17.9 Å². The zero-order chi connectivity index (χ0) is 17.4. The summed E-state index contributed by atoms with van der Waals surface area (Å²) in [6, 6.07) is 4.41. The van der Waals surface area contributed by atoms with Gasteiger partial charge in [0.2, 0.25) is 10.0 Å². The maximum Gasteiger partial charge on any atom is 0.419 e. The highest BCUT2D eigenvalue weighted by atomic mass is 32.2. The molecule has 1 fully saturated rings. The van der Waals surface area contributed by atoms with Gasteiger partial charge in [0.05, 0.1) is 10.4 Å². The average Bonchev–Trinajstić information content (AvgIpc) is 2.71. The Labute approximate surface area is 140 Å². The Morgan fingerprint density at radius 3 is 2.58 bits per heavy atom. The number of nitrogens with two attached hydrogens (primary N) is 1. The predicted octanol–water partition coefficient (Wildman–Crippen LogP) is 1.46. The Bertz CT molecular complexity index is 890. The SMILES string of the molecule is Cn1c(=O)oc2cc(S(=O)(=O)NCC3(N)CCCCCC3)ccc21. The summed E-state index contributed by atoms with van der Waals surface area (Å²) in [5, 5.41) is 0. The number of fused-ring (bicyclic) bond motifs is 1. The summed E-state index contributed by atoms with van der Waals surface area (Å²) in [7, 11) is -2.13. The van der Waals surface area contributed by atoms with Crippen LogP contribution in [0.15, 0.2) is 32.3 Å². The van der Waals surface area contributed by atoms with Gasteiger partial charge in [-0.3, -0.25) is 4.57 Å². The number of sulfonamides is 1. The van der Waals surface area contributed by atoms with Crippen molar-refractivity contribution in [2.45, 2.75) is 49.0 Å². The normalized spacial score (nSPS) is 18.6. The van der Waals surface area contributed by atoms with Crippen molar-refractivity contribution in [3.63, 3.8) is 0 Å². The van der Waals surface area contributed by atoms with E-state index in [1.807, 2.05) is 0 Å². The topological polar surface area (TPSA) is 107 Å². The molecule has 0 amide bonds. The van der Waals surface area contributed by atoms with Crippen molar-refractivity contribution in [1.29, 1.82) is 0 Å². The minimum Gasteiger partial charge on any atom is -0.408 e. The smallest absolute Gasteiger partial charge is 0.408 e. The number of hydrogen-bond acceptors (Lipinski definition) is 5. The number of hydrogen-bond donors (Lipinski definition) is 2. The first kappa shape index (κ1) is 17.2. The summed E-state index contributed by atoms with van der Waals surface area (Å²) in [5.74, 6) is -0.521. The molecule has 0 aliphatic heterocycles. The van der Waals surface area contributed by atoms with E-state index in [9.17, 15) is 13.2 Å². The van der Waals surface area contributed by atoms with E-state index in [1.54, 1.807) is 13.1 Å². The third-order valence-electron chi connectivity index (χ3n) is 4.79. The van der Waals surface area contributed by atoms with E-state index in [0.29, 0.717) is 5.52 Å². The van der Waals surface area contributed by atoms with Crippen molar-refractivity contribution < 1.29 is 12.8 Å². The molecule has 1 aromatic heterocycles.